The van der Waals surface area contributed by atoms with Crippen LogP contribution in [0, 0.1) is 16.7 Å². The van der Waals surface area contributed by atoms with Crippen LogP contribution in [0.2, 0.25) is 5.02 Å². The van der Waals surface area contributed by atoms with Crippen LogP contribution in [0.5, 0.6) is 0 Å². The molecule has 0 saturated carbocycles. The van der Waals surface area contributed by atoms with Crippen molar-refractivity contribution >= 4 is 23.4 Å². The summed E-state index contributed by atoms with van der Waals surface area (Å²) in [6.07, 6.45) is 0.915. The lowest BCUT2D eigenvalue weighted by Crippen LogP contribution is -2.08. The zero-order valence-corrected chi connectivity index (χ0v) is 11.2. The van der Waals surface area contributed by atoms with Crippen LogP contribution in [-0.2, 0) is 5.75 Å². The van der Waals surface area contributed by atoms with Crippen LogP contribution in [0.25, 0.3) is 0 Å². The van der Waals surface area contributed by atoms with E-state index in [1.54, 1.807) is 0 Å². The van der Waals surface area contributed by atoms with Gasteiger partial charge in [-0.15, -0.1) is 0 Å². The molecular formula is C13H16ClNS. The first-order valence-electron chi connectivity index (χ1n) is 5.27. The highest BCUT2D eigenvalue weighted by molar-refractivity contribution is 7.98. The zero-order chi connectivity index (χ0) is 12.0. The lowest BCUT2D eigenvalue weighted by Gasteiger charge is -2.14. The third-order valence-electron chi connectivity index (χ3n) is 2.39. The van der Waals surface area contributed by atoms with E-state index in [0.29, 0.717) is 0 Å². The minimum absolute atomic E-state index is 0.215. The summed E-state index contributed by atoms with van der Waals surface area (Å²) >= 11 is 7.88. The third-order valence-corrected chi connectivity index (χ3v) is 3.77. The summed E-state index contributed by atoms with van der Waals surface area (Å²) < 4.78 is 0. The molecule has 0 unspecified atom stereocenters. The van der Waals surface area contributed by atoms with E-state index in [9.17, 15) is 0 Å². The molecule has 0 spiro atoms. The molecule has 0 aromatic heterocycles. The van der Waals surface area contributed by atoms with E-state index in [4.69, 9.17) is 16.9 Å². The molecule has 1 aromatic carbocycles. The van der Waals surface area contributed by atoms with Gasteiger partial charge in [-0.1, -0.05) is 29.8 Å². The Kier molecular flexibility index (Phi) is 5.18. The van der Waals surface area contributed by atoms with E-state index in [1.165, 1.54) is 5.56 Å². The van der Waals surface area contributed by atoms with Gasteiger partial charge < -0.3 is 0 Å². The Bertz CT molecular complexity index is 382. The van der Waals surface area contributed by atoms with Gasteiger partial charge in [-0.3, -0.25) is 0 Å². The number of benzene rings is 1. The summed E-state index contributed by atoms with van der Waals surface area (Å²) in [5.74, 6) is 1.91. The minimum atomic E-state index is -0.215. The highest BCUT2D eigenvalue weighted by Gasteiger charge is 2.15. The van der Waals surface area contributed by atoms with Crippen molar-refractivity contribution in [3.8, 4) is 6.07 Å². The largest absolute Gasteiger partial charge is 0.198 e. The van der Waals surface area contributed by atoms with Gasteiger partial charge in [0.1, 0.15) is 0 Å². The van der Waals surface area contributed by atoms with E-state index < -0.39 is 0 Å². The van der Waals surface area contributed by atoms with Gasteiger partial charge >= 0.3 is 0 Å². The molecular weight excluding hydrogens is 238 g/mol. The Morgan fingerprint density at radius 1 is 1.38 bits per heavy atom. The first kappa shape index (κ1) is 13.4. The number of rotatable bonds is 5. The summed E-state index contributed by atoms with van der Waals surface area (Å²) in [5.41, 5.74) is 0.956. The molecule has 16 heavy (non-hydrogen) atoms. The van der Waals surface area contributed by atoms with Crippen LogP contribution in [0.15, 0.2) is 24.3 Å². The molecule has 0 N–H and O–H groups in total. The molecule has 1 nitrogen and oxygen atoms in total. The average molecular weight is 254 g/mol. The molecule has 0 radical (unpaired) electrons. The fourth-order valence-corrected chi connectivity index (χ4v) is 2.73. The predicted molar refractivity (Wildman–Crippen MR) is 71.6 cm³/mol. The molecule has 0 amide bonds. The molecule has 1 aromatic rings. The highest BCUT2D eigenvalue weighted by atomic mass is 35.5. The maximum absolute atomic E-state index is 8.87. The lowest BCUT2D eigenvalue weighted by atomic mass is 9.93. The van der Waals surface area contributed by atoms with Crippen LogP contribution >= 0.6 is 23.4 Å². The minimum Gasteiger partial charge on any atom is -0.198 e. The van der Waals surface area contributed by atoms with Gasteiger partial charge in [0, 0.05) is 10.8 Å². The van der Waals surface area contributed by atoms with Crippen molar-refractivity contribution in [2.45, 2.75) is 26.0 Å². The van der Waals surface area contributed by atoms with Gasteiger partial charge in [-0.05, 0) is 37.7 Å². The average Bonchev–Trinajstić information content (AvgIpc) is 2.27. The Labute approximate surface area is 107 Å². The standard InChI is InChI=1S/C13H16ClNS/c1-13(2,10-15)7-8-16-9-11-5-3-4-6-12(11)14/h3-6H,7-9H2,1-2H3. The molecule has 0 saturated heterocycles. The number of thioether (sulfide) groups is 1. The maximum atomic E-state index is 8.87. The molecule has 0 aliphatic carbocycles. The second-order valence-corrected chi connectivity index (χ2v) is 5.90. The molecule has 0 bridgehead atoms. The quantitative estimate of drug-likeness (QED) is 0.721. The molecule has 3 heteroatoms. The molecule has 0 heterocycles. The van der Waals surface area contributed by atoms with Gasteiger partial charge in [0.25, 0.3) is 0 Å². The fourth-order valence-electron chi connectivity index (χ4n) is 1.18. The number of hydrogen-bond donors (Lipinski definition) is 0. The fraction of sp³-hybridized carbons (Fsp3) is 0.462. The predicted octanol–water partition coefficient (Wildman–Crippen LogP) is 4.51. The van der Waals surface area contributed by atoms with Crippen molar-refractivity contribution in [3.05, 3.63) is 34.9 Å². The van der Waals surface area contributed by atoms with Crippen molar-refractivity contribution < 1.29 is 0 Å². The Morgan fingerprint density at radius 2 is 2.06 bits per heavy atom. The zero-order valence-electron chi connectivity index (χ0n) is 9.66. The number of nitrogens with zero attached hydrogens (tertiary/aromatic N) is 1. The van der Waals surface area contributed by atoms with E-state index in [-0.39, 0.29) is 5.41 Å². The summed E-state index contributed by atoms with van der Waals surface area (Å²) in [5, 5.41) is 9.70. The SMILES string of the molecule is CC(C)(C#N)CCSCc1ccccc1Cl. The van der Waals surface area contributed by atoms with Crippen LogP contribution in [0.4, 0.5) is 0 Å². The van der Waals surface area contributed by atoms with Gasteiger partial charge in [0.2, 0.25) is 0 Å². The van der Waals surface area contributed by atoms with E-state index >= 15 is 0 Å². The second kappa shape index (κ2) is 6.18. The maximum Gasteiger partial charge on any atom is 0.0684 e. The normalized spacial score (nSPS) is 11.1. The summed E-state index contributed by atoms with van der Waals surface area (Å²) in [6.45, 7) is 3.95. The van der Waals surface area contributed by atoms with Crippen LogP contribution in [-0.4, -0.2) is 5.75 Å². The molecule has 86 valence electrons. The number of nitriles is 1. The molecule has 1 rings (SSSR count). The lowest BCUT2D eigenvalue weighted by molar-refractivity contribution is 0.482. The van der Waals surface area contributed by atoms with E-state index in [0.717, 1.165) is 22.9 Å². The smallest absolute Gasteiger partial charge is 0.0684 e. The van der Waals surface area contributed by atoms with Crippen LogP contribution in [0.1, 0.15) is 25.8 Å². The van der Waals surface area contributed by atoms with Gasteiger partial charge in [-0.25, -0.2) is 0 Å². The second-order valence-electron chi connectivity index (χ2n) is 4.39. The van der Waals surface area contributed by atoms with Crippen molar-refractivity contribution in [3.63, 3.8) is 0 Å². The van der Waals surface area contributed by atoms with Crippen LogP contribution < -0.4 is 0 Å². The van der Waals surface area contributed by atoms with Gasteiger partial charge in [0.15, 0.2) is 0 Å². The van der Waals surface area contributed by atoms with Crippen LogP contribution in [0.3, 0.4) is 0 Å². The molecule has 0 aliphatic rings. The first-order chi connectivity index (χ1) is 7.55. The van der Waals surface area contributed by atoms with Crippen molar-refractivity contribution in [2.75, 3.05) is 5.75 Å². The van der Waals surface area contributed by atoms with Gasteiger partial charge in [-0.2, -0.15) is 17.0 Å². The number of halogens is 1. The van der Waals surface area contributed by atoms with E-state index in [2.05, 4.69) is 6.07 Å². The van der Waals surface area contributed by atoms with Crippen molar-refractivity contribution in [2.24, 2.45) is 5.41 Å². The molecule has 0 aliphatic heterocycles. The molecule has 0 fully saturated rings. The van der Waals surface area contributed by atoms with Crippen molar-refractivity contribution in [1.82, 2.24) is 0 Å². The monoisotopic (exact) mass is 253 g/mol. The topological polar surface area (TPSA) is 23.8 Å². The Hall–Kier alpha value is -0.650. The summed E-state index contributed by atoms with van der Waals surface area (Å²) in [6, 6.07) is 10.2. The number of hydrogen-bond acceptors (Lipinski definition) is 2. The summed E-state index contributed by atoms with van der Waals surface area (Å²) in [7, 11) is 0. The van der Waals surface area contributed by atoms with Crippen molar-refractivity contribution in [1.29, 1.82) is 5.26 Å². The molecule has 0 atom stereocenters. The van der Waals surface area contributed by atoms with Gasteiger partial charge in [0.05, 0.1) is 11.5 Å². The highest BCUT2D eigenvalue weighted by Crippen LogP contribution is 2.25. The summed E-state index contributed by atoms with van der Waals surface area (Å²) in [4.78, 5) is 0. The first-order valence-corrected chi connectivity index (χ1v) is 6.81. The Balaban J connectivity index is 2.33. The Morgan fingerprint density at radius 3 is 2.69 bits per heavy atom. The third kappa shape index (κ3) is 4.47. The van der Waals surface area contributed by atoms with E-state index in [1.807, 2.05) is 49.9 Å².